The number of rotatable bonds is 16. The van der Waals surface area contributed by atoms with E-state index in [0.717, 1.165) is 34.1 Å². The van der Waals surface area contributed by atoms with Gasteiger partial charge in [-0.2, -0.15) is 0 Å². The van der Waals surface area contributed by atoms with Gasteiger partial charge >= 0.3 is 0 Å². The zero-order valence-corrected chi connectivity index (χ0v) is 31.2. The number of halogens is 2. The lowest BCUT2D eigenvalue weighted by Crippen LogP contribution is -2.15. The summed E-state index contributed by atoms with van der Waals surface area (Å²) in [5, 5.41) is 0. The van der Waals surface area contributed by atoms with Gasteiger partial charge in [-0.25, -0.2) is 8.78 Å². The van der Waals surface area contributed by atoms with E-state index in [2.05, 4.69) is 62.4 Å². The molecular weight excluding hydrogens is 631 g/mol. The Morgan fingerprint density at radius 1 is 0.451 bits per heavy atom. The second-order valence-electron chi connectivity index (χ2n) is 15.8. The van der Waals surface area contributed by atoms with Crippen LogP contribution in [0.25, 0.3) is 0 Å². The third kappa shape index (κ3) is 10.4. The highest BCUT2D eigenvalue weighted by Crippen LogP contribution is 2.42. The molecule has 0 bridgehead atoms. The zero-order chi connectivity index (χ0) is 35.4. The lowest BCUT2D eigenvalue weighted by Gasteiger charge is -2.30. The van der Waals surface area contributed by atoms with Gasteiger partial charge in [0.15, 0.2) is 0 Å². The lowest BCUT2D eigenvalue weighted by atomic mass is 9.77. The Morgan fingerprint density at radius 2 is 0.765 bits per heavy atom. The maximum Gasteiger partial charge on any atom is 0.123 e. The monoisotopic (exact) mass is 690 g/mol. The first-order valence-electron chi connectivity index (χ1n) is 20.4. The van der Waals surface area contributed by atoms with Gasteiger partial charge in [-0.1, -0.05) is 138 Å². The van der Waals surface area contributed by atoms with Crippen molar-refractivity contribution in [3.8, 4) is 0 Å². The molecule has 0 aliphatic heterocycles. The molecule has 2 unspecified atom stereocenters. The van der Waals surface area contributed by atoms with E-state index < -0.39 is 12.2 Å². The predicted octanol–water partition coefficient (Wildman–Crippen LogP) is 14.6. The molecule has 0 amide bonds. The van der Waals surface area contributed by atoms with Crippen molar-refractivity contribution < 1.29 is 13.5 Å². The molecular formula is C48H60F2O. The summed E-state index contributed by atoms with van der Waals surface area (Å²) in [5.74, 6) is 2.45. The van der Waals surface area contributed by atoms with Crippen LogP contribution in [-0.2, 0) is 4.74 Å². The number of hydrogen-bond acceptors (Lipinski definition) is 1. The predicted molar refractivity (Wildman–Crippen MR) is 208 cm³/mol. The average molecular weight is 691 g/mol. The normalized spacial score (nSPS) is 22.0. The minimum Gasteiger partial charge on any atom is -0.356 e. The minimum atomic E-state index is -0.424. The fraction of sp³-hybridized carbons (Fsp3) is 0.500. The molecule has 2 aliphatic rings. The molecule has 4 aromatic rings. The summed E-state index contributed by atoms with van der Waals surface area (Å²) in [7, 11) is 0. The van der Waals surface area contributed by atoms with Crippen molar-refractivity contribution in [1.29, 1.82) is 0 Å². The summed E-state index contributed by atoms with van der Waals surface area (Å²) in [4.78, 5) is 0. The summed E-state index contributed by atoms with van der Waals surface area (Å²) in [5.41, 5.74) is 6.69. The van der Waals surface area contributed by atoms with E-state index in [0.29, 0.717) is 11.8 Å². The topological polar surface area (TPSA) is 9.23 Å². The van der Waals surface area contributed by atoms with Crippen molar-refractivity contribution in [2.45, 2.75) is 141 Å². The Bertz CT molecular complexity index is 1440. The quantitative estimate of drug-likeness (QED) is 0.106. The van der Waals surface area contributed by atoms with Crippen LogP contribution in [0.4, 0.5) is 8.78 Å². The third-order valence-electron chi connectivity index (χ3n) is 12.2. The van der Waals surface area contributed by atoms with Crippen LogP contribution in [0.15, 0.2) is 97.1 Å². The highest BCUT2D eigenvalue weighted by molar-refractivity contribution is 5.37. The molecule has 0 radical (unpaired) electrons. The smallest absolute Gasteiger partial charge is 0.123 e. The first-order valence-corrected chi connectivity index (χ1v) is 20.4. The Hall–Kier alpha value is -3.30. The summed E-state index contributed by atoms with van der Waals surface area (Å²) < 4.78 is 35.4. The lowest BCUT2D eigenvalue weighted by molar-refractivity contribution is 0.0307. The summed E-state index contributed by atoms with van der Waals surface area (Å²) in [6.45, 7) is 4.57. The van der Waals surface area contributed by atoms with Crippen molar-refractivity contribution in [2.24, 2.45) is 11.8 Å². The van der Waals surface area contributed by atoms with Crippen LogP contribution in [0.2, 0.25) is 0 Å². The van der Waals surface area contributed by atoms with E-state index in [9.17, 15) is 8.78 Å². The summed E-state index contributed by atoms with van der Waals surface area (Å²) in [6, 6.07) is 31.4. The van der Waals surface area contributed by atoms with Crippen molar-refractivity contribution in [2.75, 3.05) is 0 Å². The Labute approximate surface area is 307 Å². The zero-order valence-electron chi connectivity index (χ0n) is 31.2. The molecule has 0 spiro atoms. The van der Waals surface area contributed by atoms with Crippen LogP contribution in [-0.4, -0.2) is 0 Å². The van der Waals surface area contributed by atoms with Gasteiger partial charge in [0.2, 0.25) is 0 Å². The van der Waals surface area contributed by atoms with E-state index in [1.165, 1.54) is 138 Å². The molecule has 2 aliphatic carbocycles. The SMILES string of the molecule is CCCCC[C@H]1CC[C@H](c2ccc(C(OC(c3ccc(F)cc3)c3ccc([C@H]4CC[C@H](CCCCC)CC4)cc3)c3ccc(F)cc3)cc2)CC1. The van der Waals surface area contributed by atoms with Gasteiger partial charge in [0, 0.05) is 0 Å². The second-order valence-corrected chi connectivity index (χ2v) is 15.8. The molecule has 0 saturated heterocycles. The highest BCUT2D eigenvalue weighted by Gasteiger charge is 2.27. The third-order valence-corrected chi connectivity index (χ3v) is 12.2. The molecule has 51 heavy (non-hydrogen) atoms. The molecule has 1 nitrogen and oxygen atoms in total. The van der Waals surface area contributed by atoms with E-state index in [4.69, 9.17) is 4.74 Å². The van der Waals surface area contributed by atoms with E-state index in [1.807, 2.05) is 24.3 Å². The molecule has 0 N–H and O–H groups in total. The largest absolute Gasteiger partial charge is 0.356 e. The minimum absolute atomic E-state index is 0.265. The molecule has 2 fully saturated rings. The highest BCUT2D eigenvalue weighted by atomic mass is 19.1. The van der Waals surface area contributed by atoms with Gasteiger partial charge in [0.05, 0.1) is 0 Å². The van der Waals surface area contributed by atoms with Crippen molar-refractivity contribution in [3.05, 3.63) is 142 Å². The second kappa shape index (κ2) is 19.0. The first-order chi connectivity index (χ1) is 25.0. The average Bonchev–Trinajstić information content (AvgIpc) is 3.17. The van der Waals surface area contributed by atoms with Gasteiger partial charge in [0.1, 0.15) is 23.8 Å². The first kappa shape index (κ1) is 37.5. The number of unbranched alkanes of at least 4 members (excludes halogenated alkanes) is 4. The van der Waals surface area contributed by atoms with Gasteiger partial charge in [-0.15, -0.1) is 0 Å². The molecule has 3 heteroatoms. The molecule has 2 atom stereocenters. The van der Waals surface area contributed by atoms with Crippen LogP contribution < -0.4 is 0 Å². The fourth-order valence-electron chi connectivity index (χ4n) is 8.93. The van der Waals surface area contributed by atoms with Crippen LogP contribution in [0.1, 0.15) is 174 Å². The van der Waals surface area contributed by atoms with E-state index in [1.54, 1.807) is 0 Å². The molecule has 6 rings (SSSR count). The van der Waals surface area contributed by atoms with Gasteiger partial charge < -0.3 is 4.74 Å². The summed E-state index contributed by atoms with van der Waals surface area (Å²) >= 11 is 0. The standard InChI is InChI=1S/C48H60F2O/c1-3-5-7-9-35-11-15-37(16-12-35)39-19-23-41(24-20-39)47(43-27-31-45(49)32-28-43)51-48(44-29-33-46(50)34-30-44)42-25-21-40(22-26-42)38-17-13-36(14-18-38)10-8-6-4-2/h19-38,47-48H,3-18H2,1-2H3/t35-,36-,37-,38-,47?,48?. The van der Waals surface area contributed by atoms with E-state index in [-0.39, 0.29) is 11.6 Å². The number of hydrogen-bond donors (Lipinski definition) is 0. The van der Waals surface area contributed by atoms with Crippen molar-refractivity contribution >= 4 is 0 Å². The van der Waals surface area contributed by atoms with Gasteiger partial charge in [0.25, 0.3) is 0 Å². The summed E-state index contributed by atoms with van der Waals surface area (Å²) in [6.07, 6.45) is 20.3. The van der Waals surface area contributed by atoms with Crippen LogP contribution >= 0.6 is 0 Å². The fourth-order valence-corrected chi connectivity index (χ4v) is 8.93. The van der Waals surface area contributed by atoms with Crippen LogP contribution in [0, 0.1) is 23.5 Å². The van der Waals surface area contributed by atoms with Crippen molar-refractivity contribution in [3.63, 3.8) is 0 Å². The van der Waals surface area contributed by atoms with Gasteiger partial charge in [-0.05, 0) is 133 Å². The van der Waals surface area contributed by atoms with Crippen LogP contribution in [0.3, 0.4) is 0 Å². The van der Waals surface area contributed by atoms with Crippen molar-refractivity contribution in [1.82, 2.24) is 0 Å². The molecule has 0 aromatic heterocycles. The Kier molecular flexibility index (Phi) is 13.9. The molecule has 0 heterocycles. The maximum absolute atomic E-state index is 14.2. The number of ether oxygens (including phenoxy) is 1. The molecule has 2 saturated carbocycles. The Morgan fingerprint density at radius 3 is 1.08 bits per heavy atom. The Balaban J connectivity index is 1.21. The van der Waals surface area contributed by atoms with E-state index >= 15 is 0 Å². The van der Waals surface area contributed by atoms with Crippen LogP contribution in [0.5, 0.6) is 0 Å². The number of benzene rings is 4. The molecule has 4 aromatic carbocycles. The van der Waals surface area contributed by atoms with Gasteiger partial charge in [-0.3, -0.25) is 0 Å². The molecule has 272 valence electrons. The maximum atomic E-state index is 14.2.